The topological polar surface area (TPSA) is 51.1 Å². The predicted octanol–water partition coefficient (Wildman–Crippen LogP) is 5.19. The van der Waals surface area contributed by atoms with Crippen molar-refractivity contribution < 1.29 is 9.59 Å². The Hall–Kier alpha value is -2.36. The zero-order chi connectivity index (χ0) is 21.4. The van der Waals surface area contributed by atoms with Crippen molar-refractivity contribution in [2.45, 2.75) is 58.4 Å². The molecule has 0 unspecified atom stereocenters. The molecule has 6 rings (SSSR count). The molecule has 2 heterocycles. The van der Waals surface area contributed by atoms with Crippen LogP contribution in [0.3, 0.4) is 0 Å². The second-order valence-corrected chi connectivity index (χ2v) is 11.0. The summed E-state index contributed by atoms with van der Waals surface area (Å²) in [5.41, 5.74) is 1.16. The van der Waals surface area contributed by atoms with E-state index in [2.05, 4.69) is 43.4 Å². The molecule has 1 N–H and O–H groups in total. The standard InChI is InChI=1S/C27H32N2O2/c1-26-14-11-20-18(7-10-23-27(20,2)15-12-24(30)28-23)19(26)8-9-21(26)25(31)29-16-13-17-5-3-4-6-22(17)29/h3-6,12-13,15-16,18-21,23H,7-11,14H2,1-2H3,(H,28,30)/t18-,19-,20-,21+,23+,26-,27+/m0/s1. The number of nitrogens with one attached hydrogen (secondary N) is 1. The van der Waals surface area contributed by atoms with Gasteiger partial charge >= 0.3 is 0 Å². The number of aromatic nitrogens is 1. The second-order valence-electron chi connectivity index (χ2n) is 11.0. The first kappa shape index (κ1) is 19.3. The van der Waals surface area contributed by atoms with Gasteiger partial charge in [-0.3, -0.25) is 14.2 Å². The number of nitrogens with zero attached hydrogens (tertiary/aromatic N) is 1. The molecular weight excluding hydrogens is 384 g/mol. The summed E-state index contributed by atoms with van der Waals surface area (Å²) in [5.74, 6) is 2.30. The van der Waals surface area contributed by atoms with E-state index in [9.17, 15) is 9.59 Å². The number of amides is 1. The van der Waals surface area contributed by atoms with Crippen LogP contribution < -0.4 is 5.32 Å². The second kappa shape index (κ2) is 6.57. The van der Waals surface area contributed by atoms with Gasteiger partial charge in [-0.05, 0) is 79.9 Å². The fraction of sp³-hybridized carbons (Fsp3) is 0.556. The minimum Gasteiger partial charge on any atom is -0.349 e. The monoisotopic (exact) mass is 416 g/mol. The lowest BCUT2D eigenvalue weighted by atomic mass is 9.48. The molecule has 0 saturated heterocycles. The summed E-state index contributed by atoms with van der Waals surface area (Å²) in [6, 6.07) is 10.5. The average Bonchev–Trinajstić information content (AvgIpc) is 3.35. The molecule has 4 heteroatoms. The van der Waals surface area contributed by atoms with Crippen molar-refractivity contribution in [3.63, 3.8) is 0 Å². The van der Waals surface area contributed by atoms with Crippen LogP contribution in [-0.2, 0) is 4.79 Å². The van der Waals surface area contributed by atoms with Crippen molar-refractivity contribution in [2.24, 2.45) is 34.5 Å². The van der Waals surface area contributed by atoms with E-state index < -0.39 is 0 Å². The lowest BCUT2D eigenvalue weighted by molar-refractivity contribution is -0.122. The SMILES string of the molecule is C[C@]12C=CC(=O)N[C@@H]1CC[C@@H]1[C@@H]2CC[C@]2(C)[C@@H](C(=O)n3ccc4ccccc43)CC[C@@H]12. The smallest absolute Gasteiger partial charge is 0.243 e. The molecule has 162 valence electrons. The molecule has 0 spiro atoms. The minimum absolute atomic E-state index is 0.0525. The van der Waals surface area contributed by atoms with Crippen molar-refractivity contribution >= 4 is 22.7 Å². The fourth-order valence-electron chi connectivity index (χ4n) is 8.18. The Morgan fingerprint density at radius 2 is 1.87 bits per heavy atom. The van der Waals surface area contributed by atoms with E-state index in [1.165, 1.54) is 6.42 Å². The van der Waals surface area contributed by atoms with E-state index in [0.717, 1.165) is 43.0 Å². The summed E-state index contributed by atoms with van der Waals surface area (Å²) in [5, 5.41) is 4.38. The molecule has 3 fully saturated rings. The first-order valence-electron chi connectivity index (χ1n) is 12.0. The zero-order valence-electron chi connectivity index (χ0n) is 18.5. The molecular formula is C27H32N2O2. The number of hydrogen-bond acceptors (Lipinski definition) is 2. The maximum absolute atomic E-state index is 13.8. The summed E-state index contributed by atoms with van der Waals surface area (Å²) >= 11 is 0. The van der Waals surface area contributed by atoms with E-state index in [1.54, 1.807) is 6.08 Å². The fourth-order valence-corrected chi connectivity index (χ4v) is 8.18. The van der Waals surface area contributed by atoms with E-state index in [0.29, 0.717) is 17.8 Å². The summed E-state index contributed by atoms with van der Waals surface area (Å²) in [6.07, 6.45) is 12.6. The van der Waals surface area contributed by atoms with E-state index >= 15 is 0 Å². The average molecular weight is 417 g/mol. The van der Waals surface area contributed by atoms with Crippen LogP contribution in [0.25, 0.3) is 10.9 Å². The third-order valence-electron chi connectivity index (χ3n) is 9.82. The van der Waals surface area contributed by atoms with Gasteiger partial charge in [0, 0.05) is 29.0 Å². The molecule has 0 radical (unpaired) electrons. The van der Waals surface area contributed by atoms with Gasteiger partial charge in [0.2, 0.25) is 11.8 Å². The van der Waals surface area contributed by atoms with Crippen molar-refractivity contribution in [1.29, 1.82) is 0 Å². The molecule has 2 aromatic rings. The van der Waals surface area contributed by atoms with Gasteiger partial charge in [0.25, 0.3) is 0 Å². The number of carbonyl (C=O) groups excluding carboxylic acids is 2. The molecule has 4 aliphatic rings. The molecule has 7 atom stereocenters. The van der Waals surface area contributed by atoms with Crippen LogP contribution in [0.15, 0.2) is 48.7 Å². The van der Waals surface area contributed by atoms with E-state index in [-0.39, 0.29) is 34.6 Å². The Kier molecular flexibility index (Phi) is 4.10. The van der Waals surface area contributed by atoms with Crippen LogP contribution in [0.1, 0.15) is 57.2 Å². The number of fused-ring (bicyclic) bond motifs is 6. The Morgan fingerprint density at radius 3 is 2.74 bits per heavy atom. The number of hydrogen-bond donors (Lipinski definition) is 1. The zero-order valence-corrected chi connectivity index (χ0v) is 18.5. The van der Waals surface area contributed by atoms with Crippen LogP contribution in [0.2, 0.25) is 0 Å². The summed E-state index contributed by atoms with van der Waals surface area (Å²) in [7, 11) is 0. The highest BCUT2D eigenvalue weighted by molar-refractivity contribution is 5.94. The van der Waals surface area contributed by atoms with Crippen molar-refractivity contribution in [1.82, 2.24) is 9.88 Å². The summed E-state index contributed by atoms with van der Waals surface area (Å²) < 4.78 is 1.91. The van der Waals surface area contributed by atoms with Gasteiger partial charge in [-0.1, -0.05) is 38.1 Å². The Labute approximate surface area is 184 Å². The van der Waals surface area contributed by atoms with Crippen LogP contribution in [0, 0.1) is 34.5 Å². The quantitative estimate of drug-likeness (QED) is 0.695. The van der Waals surface area contributed by atoms with Gasteiger partial charge in [0.05, 0.1) is 5.52 Å². The molecule has 31 heavy (non-hydrogen) atoms. The number of para-hydroxylation sites is 1. The largest absolute Gasteiger partial charge is 0.349 e. The Balaban J connectivity index is 1.31. The molecule has 3 saturated carbocycles. The number of carbonyl (C=O) groups is 2. The van der Waals surface area contributed by atoms with Gasteiger partial charge in [0.15, 0.2) is 0 Å². The van der Waals surface area contributed by atoms with Crippen LogP contribution in [0.4, 0.5) is 0 Å². The molecule has 1 amide bonds. The van der Waals surface area contributed by atoms with Crippen molar-refractivity contribution in [3.8, 4) is 0 Å². The summed E-state index contributed by atoms with van der Waals surface area (Å²) in [4.78, 5) is 25.7. The molecule has 3 aliphatic carbocycles. The first-order chi connectivity index (χ1) is 14.9. The van der Waals surface area contributed by atoms with Crippen molar-refractivity contribution in [3.05, 3.63) is 48.7 Å². The highest BCUT2D eigenvalue weighted by Gasteiger charge is 2.61. The maximum atomic E-state index is 13.8. The summed E-state index contributed by atoms with van der Waals surface area (Å²) in [6.45, 7) is 4.76. The molecule has 1 aliphatic heterocycles. The van der Waals surface area contributed by atoms with Crippen LogP contribution in [0.5, 0.6) is 0 Å². The maximum Gasteiger partial charge on any atom is 0.243 e. The van der Waals surface area contributed by atoms with Gasteiger partial charge in [-0.15, -0.1) is 0 Å². The number of rotatable bonds is 1. The third kappa shape index (κ3) is 2.60. The normalized spacial score (nSPS) is 41.4. The molecule has 4 nitrogen and oxygen atoms in total. The molecule has 1 aromatic carbocycles. The van der Waals surface area contributed by atoms with E-state index in [4.69, 9.17) is 0 Å². The van der Waals surface area contributed by atoms with Crippen molar-refractivity contribution in [2.75, 3.05) is 0 Å². The van der Waals surface area contributed by atoms with Gasteiger partial charge < -0.3 is 5.32 Å². The highest BCUT2D eigenvalue weighted by Crippen LogP contribution is 2.65. The lowest BCUT2D eigenvalue weighted by Crippen LogP contribution is -2.59. The van der Waals surface area contributed by atoms with Crippen LogP contribution in [-0.4, -0.2) is 22.4 Å². The minimum atomic E-state index is 0.0525. The predicted molar refractivity (Wildman–Crippen MR) is 122 cm³/mol. The number of benzene rings is 1. The Bertz CT molecular complexity index is 1100. The van der Waals surface area contributed by atoms with Gasteiger partial charge in [-0.25, -0.2) is 0 Å². The Morgan fingerprint density at radius 1 is 1.03 bits per heavy atom. The lowest BCUT2D eigenvalue weighted by Gasteiger charge is -2.58. The van der Waals surface area contributed by atoms with Crippen LogP contribution >= 0.6 is 0 Å². The van der Waals surface area contributed by atoms with E-state index in [1.807, 2.05) is 22.9 Å². The van der Waals surface area contributed by atoms with Gasteiger partial charge in [0.1, 0.15) is 0 Å². The molecule has 0 bridgehead atoms. The molecule has 1 aromatic heterocycles. The van der Waals surface area contributed by atoms with Gasteiger partial charge in [-0.2, -0.15) is 0 Å². The highest BCUT2D eigenvalue weighted by atomic mass is 16.2. The first-order valence-corrected chi connectivity index (χ1v) is 12.0. The third-order valence-corrected chi connectivity index (χ3v) is 9.82.